The molecule has 1 aliphatic carbocycles. The van der Waals surface area contributed by atoms with Gasteiger partial charge in [0.1, 0.15) is 0 Å². The van der Waals surface area contributed by atoms with E-state index in [1.807, 2.05) is 0 Å². The van der Waals surface area contributed by atoms with Crippen LogP contribution in [0.2, 0.25) is 0 Å². The smallest absolute Gasteiger partial charge is 0.258 e. The van der Waals surface area contributed by atoms with E-state index in [2.05, 4.69) is 4.72 Å². The number of benzene rings is 1. The number of hydrogen-bond donors (Lipinski definition) is 1. The van der Waals surface area contributed by atoms with E-state index < -0.39 is 31.3 Å². The van der Waals surface area contributed by atoms with Crippen molar-refractivity contribution in [2.75, 3.05) is 0 Å². The van der Waals surface area contributed by atoms with Crippen molar-refractivity contribution in [1.82, 2.24) is 4.72 Å². The molecular weight excluding hydrogens is 287 g/mol. The van der Waals surface area contributed by atoms with Gasteiger partial charge in [-0.1, -0.05) is 18.9 Å². The largest absolute Gasteiger partial charge is 0.324 e. The number of rotatable bonds is 6. The van der Waals surface area contributed by atoms with E-state index in [1.54, 1.807) is 6.92 Å². The fourth-order valence-corrected chi connectivity index (χ4v) is 3.56. The standard InChI is InChI=1S/C12H15FN2O4S/c1-8(7-9-5-6-9)14-20(18,19)11-4-2-3-10(13)12(11)15(16)17/h2-4,8-9,14H,5-7H2,1H3. The Bertz CT molecular complexity index is 628. The molecule has 0 aliphatic heterocycles. The number of halogens is 1. The lowest BCUT2D eigenvalue weighted by Gasteiger charge is -2.13. The Labute approximate surface area is 116 Å². The van der Waals surface area contributed by atoms with Gasteiger partial charge in [-0.25, -0.2) is 13.1 Å². The summed E-state index contributed by atoms with van der Waals surface area (Å²) < 4.78 is 40.1. The molecule has 1 aromatic carbocycles. The van der Waals surface area contributed by atoms with Crippen LogP contribution in [0.4, 0.5) is 10.1 Å². The molecule has 2 rings (SSSR count). The molecule has 8 heteroatoms. The fraction of sp³-hybridized carbons (Fsp3) is 0.500. The molecule has 1 aliphatic rings. The number of hydrogen-bond acceptors (Lipinski definition) is 4. The highest BCUT2D eigenvalue weighted by Crippen LogP contribution is 2.34. The van der Waals surface area contributed by atoms with E-state index in [0.717, 1.165) is 31.0 Å². The van der Waals surface area contributed by atoms with Gasteiger partial charge < -0.3 is 0 Å². The summed E-state index contributed by atoms with van der Waals surface area (Å²) in [5, 5.41) is 10.8. The van der Waals surface area contributed by atoms with Crippen molar-refractivity contribution in [3.05, 3.63) is 34.1 Å². The molecule has 1 unspecified atom stereocenters. The second-order valence-corrected chi connectivity index (χ2v) is 6.73. The molecule has 0 spiro atoms. The van der Waals surface area contributed by atoms with E-state index in [4.69, 9.17) is 0 Å². The Morgan fingerprint density at radius 2 is 2.15 bits per heavy atom. The highest BCUT2D eigenvalue weighted by atomic mass is 32.2. The Balaban J connectivity index is 2.28. The van der Waals surface area contributed by atoms with Crippen molar-refractivity contribution in [2.45, 2.75) is 37.1 Å². The maximum atomic E-state index is 13.5. The SMILES string of the molecule is CC(CC1CC1)NS(=O)(=O)c1cccc(F)c1[N+](=O)[O-]. The molecule has 1 aromatic rings. The van der Waals surface area contributed by atoms with E-state index in [9.17, 15) is 22.9 Å². The summed E-state index contributed by atoms with van der Waals surface area (Å²) in [6.07, 6.45) is 2.83. The highest BCUT2D eigenvalue weighted by molar-refractivity contribution is 7.89. The van der Waals surface area contributed by atoms with Crippen LogP contribution in [-0.2, 0) is 10.0 Å². The lowest BCUT2D eigenvalue weighted by Crippen LogP contribution is -2.33. The van der Waals surface area contributed by atoms with Crippen molar-refractivity contribution < 1.29 is 17.7 Å². The molecule has 0 heterocycles. The summed E-state index contributed by atoms with van der Waals surface area (Å²) in [6, 6.07) is 2.70. The quantitative estimate of drug-likeness (QED) is 0.644. The average molecular weight is 302 g/mol. The third kappa shape index (κ3) is 3.31. The number of nitro benzene ring substituents is 1. The molecule has 0 radical (unpaired) electrons. The lowest BCUT2D eigenvalue weighted by atomic mass is 10.2. The molecule has 1 saturated carbocycles. The third-order valence-corrected chi connectivity index (χ3v) is 4.78. The zero-order chi connectivity index (χ0) is 14.9. The second-order valence-electron chi connectivity index (χ2n) is 5.05. The summed E-state index contributed by atoms with van der Waals surface area (Å²) in [5.74, 6) is -0.650. The van der Waals surface area contributed by atoms with E-state index in [0.29, 0.717) is 12.3 Å². The minimum atomic E-state index is -4.11. The van der Waals surface area contributed by atoms with Gasteiger partial charge in [-0.2, -0.15) is 4.39 Å². The first kappa shape index (κ1) is 14.9. The minimum absolute atomic E-state index is 0.338. The average Bonchev–Trinajstić information content (AvgIpc) is 3.11. The molecule has 0 aromatic heterocycles. The molecule has 20 heavy (non-hydrogen) atoms. The van der Waals surface area contributed by atoms with E-state index >= 15 is 0 Å². The van der Waals surface area contributed by atoms with Crippen LogP contribution in [0.25, 0.3) is 0 Å². The molecule has 110 valence electrons. The number of sulfonamides is 1. The molecular formula is C12H15FN2O4S. The lowest BCUT2D eigenvalue weighted by molar-refractivity contribution is -0.390. The maximum absolute atomic E-state index is 13.5. The first-order chi connectivity index (χ1) is 9.31. The molecule has 1 atom stereocenters. The van der Waals surface area contributed by atoms with Gasteiger partial charge in [0.2, 0.25) is 15.8 Å². The Morgan fingerprint density at radius 3 is 2.70 bits per heavy atom. The van der Waals surface area contributed by atoms with Crippen molar-refractivity contribution in [2.24, 2.45) is 5.92 Å². The number of para-hydroxylation sites is 1. The topological polar surface area (TPSA) is 89.3 Å². The molecule has 0 amide bonds. The minimum Gasteiger partial charge on any atom is -0.258 e. The van der Waals surface area contributed by atoms with Crippen molar-refractivity contribution in [1.29, 1.82) is 0 Å². The zero-order valence-electron chi connectivity index (χ0n) is 10.9. The fourth-order valence-electron chi connectivity index (χ4n) is 2.12. The summed E-state index contributed by atoms with van der Waals surface area (Å²) in [4.78, 5) is 9.18. The molecule has 1 N–H and O–H groups in total. The van der Waals surface area contributed by atoms with Crippen molar-refractivity contribution in [3.8, 4) is 0 Å². The normalized spacial score (nSPS) is 16.9. The molecule has 0 saturated heterocycles. The maximum Gasteiger partial charge on any atom is 0.324 e. The van der Waals surface area contributed by atoms with Gasteiger partial charge in [-0.05, 0) is 31.4 Å². The van der Waals surface area contributed by atoms with Crippen molar-refractivity contribution >= 4 is 15.7 Å². The van der Waals surface area contributed by atoms with Gasteiger partial charge >= 0.3 is 5.69 Å². The van der Waals surface area contributed by atoms with Crippen LogP contribution in [0.15, 0.2) is 23.1 Å². The number of nitrogens with one attached hydrogen (secondary N) is 1. The summed E-state index contributed by atoms with van der Waals surface area (Å²) in [5.41, 5.74) is -1.02. The van der Waals surface area contributed by atoms with Gasteiger partial charge in [0, 0.05) is 6.04 Å². The predicted octanol–water partition coefficient (Wildman–Crippen LogP) is 2.20. The summed E-state index contributed by atoms with van der Waals surface area (Å²) in [7, 11) is -4.11. The molecule has 1 fully saturated rings. The van der Waals surface area contributed by atoms with Gasteiger partial charge in [0.15, 0.2) is 4.90 Å². The van der Waals surface area contributed by atoms with Gasteiger partial charge in [0.25, 0.3) is 0 Å². The van der Waals surface area contributed by atoms with Crippen molar-refractivity contribution in [3.63, 3.8) is 0 Å². The Hall–Kier alpha value is -1.54. The molecule has 0 bridgehead atoms. The second kappa shape index (κ2) is 5.45. The third-order valence-electron chi connectivity index (χ3n) is 3.16. The Kier molecular flexibility index (Phi) is 4.05. The molecule has 6 nitrogen and oxygen atoms in total. The number of nitro groups is 1. The van der Waals surface area contributed by atoms with E-state index in [1.165, 1.54) is 0 Å². The van der Waals surface area contributed by atoms with Gasteiger partial charge in [-0.3, -0.25) is 10.1 Å². The van der Waals surface area contributed by atoms with Crippen LogP contribution in [0.5, 0.6) is 0 Å². The van der Waals surface area contributed by atoms with Crippen LogP contribution in [0, 0.1) is 21.8 Å². The van der Waals surface area contributed by atoms with Gasteiger partial charge in [0.05, 0.1) is 4.92 Å². The van der Waals surface area contributed by atoms with Crippen LogP contribution in [-0.4, -0.2) is 19.4 Å². The monoisotopic (exact) mass is 302 g/mol. The van der Waals surface area contributed by atoms with Crippen LogP contribution >= 0.6 is 0 Å². The van der Waals surface area contributed by atoms with Crippen LogP contribution in [0.1, 0.15) is 26.2 Å². The first-order valence-corrected chi connectivity index (χ1v) is 7.75. The van der Waals surface area contributed by atoms with Gasteiger partial charge in [-0.15, -0.1) is 0 Å². The highest BCUT2D eigenvalue weighted by Gasteiger charge is 2.31. The zero-order valence-corrected chi connectivity index (χ0v) is 11.7. The summed E-state index contributed by atoms with van der Waals surface area (Å²) >= 11 is 0. The van der Waals surface area contributed by atoms with E-state index in [-0.39, 0.29) is 6.04 Å². The first-order valence-electron chi connectivity index (χ1n) is 6.26. The number of nitrogens with zero attached hydrogens (tertiary/aromatic N) is 1. The van der Waals surface area contributed by atoms with Crippen LogP contribution < -0.4 is 4.72 Å². The Morgan fingerprint density at radius 1 is 1.50 bits per heavy atom. The predicted molar refractivity (Wildman–Crippen MR) is 70.2 cm³/mol. The van der Waals surface area contributed by atoms with Crippen LogP contribution in [0.3, 0.4) is 0 Å². The summed E-state index contributed by atoms with van der Waals surface area (Å²) in [6.45, 7) is 1.70.